The summed E-state index contributed by atoms with van der Waals surface area (Å²) in [5, 5.41) is 19.5. The molecule has 1 aromatic heterocycles. The van der Waals surface area contributed by atoms with Gasteiger partial charge in [-0.15, -0.1) is 0 Å². The van der Waals surface area contributed by atoms with Crippen LogP contribution in [0.3, 0.4) is 0 Å². The third-order valence-corrected chi connectivity index (χ3v) is 6.27. The first-order chi connectivity index (χ1) is 13.0. The largest absolute Gasteiger partial charge is 0.477 e. The molecule has 0 radical (unpaired) electrons. The molecule has 2 heterocycles. The van der Waals surface area contributed by atoms with Gasteiger partial charge in [-0.05, 0) is 63.0 Å². The Morgan fingerprint density at radius 1 is 1.22 bits per heavy atom. The second-order valence-corrected chi connectivity index (χ2v) is 8.13. The Labute approximate surface area is 161 Å². The molecule has 150 valence electrons. The van der Waals surface area contributed by atoms with Crippen LogP contribution in [0.1, 0.15) is 80.4 Å². The normalized spacial score (nSPS) is 22.3. The first-order valence-corrected chi connectivity index (χ1v) is 10.4. The van der Waals surface area contributed by atoms with Crippen LogP contribution < -0.4 is 0 Å². The van der Waals surface area contributed by atoms with Gasteiger partial charge in [0.05, 0.1) is 6.10 Å². The van der Waals surface area contributed by atoms with E-state index in [9.17, 15) is 14.7 Å². The van der Waals surface area contributed by atoms with Gasteiger partial charge >= 0.3 is 5.97 Å². The van der Waals surface area contributed by atoms with Crippen molar-refractivity contribution in [3.8, 4) is 0 Å². The lowest BCUT2D eigenvalue weighted by Gasteiger charge is -2.30. The minimum absolute atomic E-state index is 0.212. The summed E-state index contributed by atoms with van der Waals surface area (Å²) in [7, 11) is 0. The molecule has 3 N–H and O–H groups in total. The van der Waals surface area contributed by atoms with Gasteiger partial charge in [0.25, 0.3) is 0 Å². The SMILES string of the molecule is O=C(O)c1ccc(CCCC2CCC(=O)N2CCC(O)C2CCCCC2)[nH]1. The van der Waals surface area contributed by atoms with E-state index in [1.807, 2.05) is 11.0 Å². The number of H-pyrrole nitrogens is 1. The van der Waals surface area contributed by atoms with Crippen LogP contribution in [0.15, 0.2) is 12.1 Å². The number of amides is 1. The number of aromatic nitrogens is 1. The standard InChI is InChI=1S/C21H32N2O4/c24-19(15-5-2-1-3-6-15)13-14-23-17(10-12-20(23)25)8-4-7-16-9-11-18(22-16)21(26)27/h9,11,15,17,19,22,24H,1-8,10,12-14H2,(H,26,27). The van der Waals surface area contributed by atoms with E-state index in [-0.39, 0.29) is 23.7 Å². The highest BCUT2D eigenvalue weighted by Crippen LogP contribution is 2.29. The van der Waals surface area contributed by atoms with E-state index in [2.05, 4.69) is 4.98 Å². The molecule has 0 aromatic carbocycles. The number of hydrogen-bond donors (Lipinski definition) is 3. The smallest absolute Gasteiger partial charge is 0.352 e. The molecule has 1 aliphatic heterocycles. The summed E-state index contributed by atoms with van der Waals surface area (Å²) in [5.41, 5.74) is 1.15. The maximum Gasteiger partial charge on any atom is 0.352 e. The number of carbonyl (C=O) groups excluding carboxylic acids is 1. The number of rotatable bonds is 9. The molecule has 6 nitrogen and oxygen atoms in total. The Hall–Kier alpha value is -1.82. The van der Waals surface area contributed by atoms with Crippen molar-refractivity contribution in [2.75, 3.05) is 6.54 Å². The molecule has 1 saturated heterocycles. The number of aliphatic hydroxyl groups is 1. The Balaban J connectivity index is 1.43. The Morgan fingerprint density at radius 3 is 2.70 bits per heavy atom. The highest BCUT2D eigenvalue weighted by molar-refractivity contribution is 5.85. The molecule has 1 aromatic rings. The number of nitrogens with one attached hydrogen (secondary N) is 1. The van der Waals surface area contributed by atoms with Gasteiger partial charge < -0.3 is 20.1 Å². The number of hydrogen-bond acceptors (Lipinski definition) is 3. The molecule has 3 rings (SSSR count). The Kier molecular flexibility index (Phi) is 6.94. The molecule has 2 atom stereocenters. The quantitative estimate of drug-likeness (QED) is 0.616. The lowest BCUT2D eigenvalue weighted by atomic mass is 9.84. The van der Waals surface area contributed by atoms with Crippen molar-refractivity contribution in [2.24, 2.45) is 5.92 Å². The van der Waals surface area contributed by atoms with Gasteiger partial charge in [0.1, 0.15) is 5.69 Å². The van der Waals surface area contributed by atoms with Crippen LogP contribution in [0.25, 0.3) is 0 Å². The van der Waals surface area contributed by atoms with Crippen LogP contribution in [-0.4, -0.2) is 50.7 Å². The molecular weight excluding hydrogens is 344 g/mol. The predicted octanol–water partition coefficient (Wildman–Crippen LogP) is 3.36. The summed E-state index contributed by atoms with van der Waals surface area (Å²) in [6, 6.07) is 3.67. The van der Waals surface area contributed by atoms with E-state index in [1.165, 1.54) is 19.3 Å². The van der Waals surface area contributed by atoms with E-state index < -0.39 is 5.97 Å². The highest BCUT2D eigenvalue weighted by Gasteiger charge is 2.31. The van der Waals surface area contributed by atoms with Gasteiger partial charge in [0.2, 0.25) is 5.91 Å². The van der Waals surface area contributed by atoms with Crippen LogP contribution in [0.5, 0.6) is 0 Å². The average molecular weight is 376 g/mol. The van der Waals surface area contributed by atoms with Crippen molar-refractivity contribution in [1.82, 2.24) is 9.88 Å². The van der Waals surface area contributed by atoms with Crippen molar-refractivity contribution < 1.29 is 19.8 Å². The summed E-state index contributed by atoms with van der Waals surface area (Å²) in [6.07, 6.45) is 10.5. The van der Waals surface area contributed by atoms with Crippen molar-refractivity contribution >= 4 is 11.9 Å². The number of carboxylic acids is 1. The first kappa shape index (κ1) is 19.9. The first-order valence-electron chi connectivity index (χ1n) is 10.4. The molecule has 27 heavy (non-hydrogen) atoms. The number of likely N-dealkylation sites (tertiary alicyclic amines) is 1. The molecular formula is C21H32N2O4. The summed E-state index contributed by atoms with van der Waals surface area (Å²) in [6.45, 7) is 0.660. The van der Waals surface area contributed by atoms with Crippen LogP contribution in [0.4, 0.5) is 0 Å². The fourth-order valence-electron chi connectivity index (χ4n) is 4.67. The second-order valence-electron chi connectivity index (χ2n) is 8.13. The summed E-state index contributed by atoms with van der Waals surface area (Å²) < 4.78 is 0. The Bertz CT molecular complexity index is 636. The maximum absolute atomic E-state index is 12.3. The average Bonchev–Trinajstić information content (AvgIpc) is 3.28. The molecule has 1 saturated carbocycles. The van der Waals surface area contributed by atoms with E-state index in [4.69, 9.17) is 5.11 Å². The lowest BCUT2D eigenvalue weighted by Crippen LogP contribution is -2.36. The van der Waals surface area contributed by atoms with Crippen LogP contribution >= 0.6 is 0 Å². The van der Waals surface area contributed by atoms with Crippen molar-refractivity contribution in [2.45, 2.75) is 82.8 Å². The van der Waals surface area contributed by atoms with Crippen molar-refractivity contribution in [3.05, 3.63) is 23.5 Å². The zero-order chi connectivity index (χ0) is 19.2. The Morgan fingerprint density at radius 2 is 2.00 bits per heavy atom. The van der Waals surface area contributed by atoms with Gasteiger partial charge in [0.15, 0.2) is 0 Å². The lowest BCUT2D eigenvalue weighted by molar-refractivity contribution is -0.129. The molecule has 2 unspecified atom stereocenters. The second kappa shape index (κ2) is 9.40. The highest BCUT2D eigenvalue weighted by atomic mass is 16.4. The van der Waals surface area contributed by atoms with E-state index in [0.29, 0.717) is 25.3 Å². The number of carbonyl (C=O) groups is 2. The molecule has 2 aliphatic rings. The summed E-state index contributed by atoms with van der Waals surface area (Å²) in [5.74, 6) is -0.319. The van der Waals surface area contributed by atoms with Gasteiger partial charge in [-0.2, -0.15) is 0 Å². The monoisotopic (exact) mass is 376 g/mol. The molecule has 0 bridgehead atoms. The van der Waals surface area contributed by atoms with E-state index >= 15 is 0 Å². The molecule has 0 spiro atoms. The number of aromatic carboxylic acids is 1. The number of aromatic amines is 1. The van der Waals surface area contributed by atoms with Crippen LogP contribution in [-0.2, 0) is 11.2 Å². The third-order valence-electron chi connectivity index (χ3n) is 6.27. The summed E-state index contributed by atoms with van der Waals surface area (Å²) in [4.78, 5) is 28.1. The molecule has 1 amide bonds. The molecule has 6 heteroatoms. The fraction of sp³-hybridized carbons (Fsp3) is 0.714. The fourth-order valence-corrected chi connectivity index (χ4v) is 4.67. The topological polar surface area (TPSA) is 93.6 Å². The maximum atomic E-state index is 12.3. The third kappa shape index (κ3) is 5.34. The minimum atomic E-state index is -0.940. The number of carboxylic acid groups (broad SMARTS) is 1. The van der Waals surface area contributed by atoms with Crippen LogP contribution in [0, 0.1) is 5.92 Å². The van der Waals surface area contributed by atoms with Gasteiger partial charge in [-0.25, -0.2) is 4.79 Å². The molecule has 2 fully saturated rings. The number of aliphatic hydroxyl groups excluding tert-OH is 1. The van der Waals surface area contributed by atoms with Gasteiger partial charge in [0, 0.05) is 24.7 Å². The van der Waals surface area contributed by atoms with Crippen molar-refractivity contribution in [3.63, 3.8) is 0 Å². The van der Waals surface area contributed by atoms with E-state index in [1.54, 1.807) is 6.07 Å². The number of aryl methyl sites for hydroxylation is 1. The van der Waals surface area contributed by atoms with Crippen LogP contribution in [0.2, 0.25) is 0 Å². The zero-order valence-corrected chi connectivity index (χ0v) is 16.0. The molecule has 1 aliphatic carbocycles. The van der Waals surface area contributed by atoms with E-state index in [0.717, 1.165) is 44.2 Å². The van der Waals surface area contributed by atoms with Crippen molar-refractivity contribution in [1.29, 1.82) is 0 Å². The van der Waals surface area contributed by atoms with Gasteiger partial charge in [-0.3, -0.25) is 4.79 Å². The number of nitrogens with zero attached hydrogens (tertiary/aromatic N) is 1. The minimum Gasteiger partial charge on any atom is -0.477 e. The predicted molar refractivity (Wildman–Crippen MR) is 103 cm³/mol. The zero-order valence-electron chi connectivity index (χ0n) is 16.0. The van der Waals surface area contributed by atoms with Gasteiger partial charge in [-0.1, -0.05) is 19.3 Å². The summed E-state index contributed by atoms with van der Waals surface area (Å²) >= 11 is 0.